The first kappa shape index (κ1) is 15.6. The Morgan fingerprint density at radius 3 is 2.33 bits per heavy atom. The molecule has 0 aromatic heterocycles. The summed E-state index contributed by atoms with van der Waals surface area (Å²) in [5.74, 6) is -1.20. The zero-order chi connectivity index (χ0) is 15.6. The van der Waals surface area contributed by atoms with E-state index in [1.807, 2.05) is 0 Å². The number of halogens is 1. The third-order valence-corrected chi connectivity index (χ3v) is 4.41. The Balaban J connectivity index is 2.21. The molecule has 0 saturated carbocycles. The quantitative estimate of drug-likeness (QED) is 0.829. The Hall–Kier alpha value is -1.81. The van der Waals surface area contributed by atoms with Crippen molar-refractivity contribution in [3.05, 3.63) is 64.0 Å². The molecule has 0 aliphatic heterocycles. The van der Waals surface area contributed by atoms with E-state index in [1.54, 1.807) is 6.07 Å². The van der Waals surface area contributed by atoms with Gasteiger partial charge in [0.1, 0.15) is 5.82 Å². The van der Waals surface area contributed by atoms with Crippen LogP contribution in [0.25, 0.3) is 0 Å². The third kappa shape index (κ3) is 3.64. The molecule has 1 N–H and O–H groups in total. The van der Waals surface area contributed by atoms with Crippen LogP contribution < -0.4 is 0 Å². The van der Waals surface area contributed by atoms with Crippen LogP contribution in [0.4, 0.5) is 4.39 Å². The monoisotopic (exact) mass is 304 g/mol. The first-order valence-electron chi connectivity index (χ1n) is 6.61. The van der Waals surface area contributed by atoms with Crippen LogP contribution in [0.3, 0.4) is 0 Å². The minimum absolute atomic E-state index is 0.280. The number of aromatic carboxylic acids is 1. The van der Waals surface area contributed by atoms with Gasteiger partial charge in [-0.15, -0.1) is 11.8 Å². The number of carbonyl (C=O) groups is 1. The fourth-order valence-corrected chi connectivity index (χ4v) is 3.48. The van der Waals surface area contributed by atoms with Crippen molar-refractivity contribution in [3.8, 4) is 0 Å². The van der Waals surface area contributed by atoms with Crippen LogP contribution in [0.15, 0.2) is 35.2 Å². The predicted molar refractivity (Wildman–Crippen MR) is 83.6 cm³/mol. The van der Waals surface area contributed by atoms with Crippen molar-refractivity contribution in [3.63, 3.8) is 0 Å². The maximum absolute atomic E-state index is 13.4. The Labute approximate surface area is 128 Å². The van der Waals surface area contributed by atoms with Crippen LogP contribution in [0.5, 0.6) is 0 Å². The molecule has 0 aliphatic carbocycles. The van der Waals surface area contributed by atoms with Crippen molar-refractivity contribution in [1.82, 2.24) is 0 Å². The average Bonchev–Trinajstić information content (AvgIpc) is 2.38. The van der Waals surface area contributed by atoms with Gasteiger partial charge in [-0.25, -0.2) is 9.18 Å². The van der Waals surface area contributed by atoms with Gasteiger partial charge in [0.2, 0.25) is 0 Å². The summed E-state index contributed by atoms with van der Waals surface area (Å²) in [5.41, 5.74) is 4.64. The lowest BCUT2D eigenvalue weighted by molar-refractivity contribution is 0.0691. The fourth-order valence-electron chi connectivity index (χ4n) is 2.35. The van der Waals surface area contributed by atoms with Crippen molar-refractivity contribution in [2.24, 2.45) is 0 Å². The maximum Gasteiger partial charge on any atom is 0.338 e. The van der Waals surface area contributed by atoms with Gasteiger partial charge in [0.25, 0.3) is 0 Å². The van der Waals surface area contributed by atoms with Crippen molar-refractivity contribution in [1.29, 1.82) is 0 Å². The molecule has 0 atom stereocenters. The van der Waals surface area contributed by atoms with E-state index in [-0.39, 0.29) is 5.56 Å². The molecule has 0 spiro atoms. The molecule has 0 aliphatic rings. The van der Waals surface area contributed by atoms with Gasteiger partial charge >= 0.3 is 5.97 Å². The van der Waals surface area contributed by atoms with E-state index in [0.29, 0.717) is 0 Å². The maximum atomic E-state index is 13.4. The summed E-state index contributed by atoms with van der Waals surface area (Å²) in [4.78, 5) is 11.7. The van der Waals surface area contributed by atoms with Gasteiger partial charge < -0.3 is 5.11 Å². The van der Waals surface area contributed by atoms with Crippen LogP contribution in [-0.2, 0) is 5.75 Å². The lowest BCUT2D eigenvalue weighted by Crippen LogP contribution is -2.00. The highest BCUT2D eigenvalue weighted by atomic mass is 32.2. The molecule has 2 aromatic rings. The number of aryl methyl sites for hydroxylation is 3. The molecule has 2 rings (SSSR count). The van der Waals surface area contributed by atoms with Crippen molar-refractivity contribution in [2.45, 2.75) is 31.4 Å². The summed E-state index contributed by atoms with van der Waals surface area (Å²) in [7, 11) is 0. The van der Waals surface area contributed by atoms with Gasteiger partial charge in [-0.05, 0) is 55.7 Å². The molecule has 0 amide bonds. The molecular formula is C17H17FO2S. The average molecular weight is 304 g/mol. The van der Waals surface area contributed by atoms with Crippen LogP contribution in [0.2, 0.25) is 0 Å². The van der Waals surface area contributed by atoms with Gasteiger partial charge in [0.05, 0.1) is 5.56 Å². The number of rotatable bonds is 4. The van der Waals surface area contributed by atoms with Crippen molar-refractivity contribution in [2.75, 3.05) is 0 Å². The summed E-state index contributed by atoms with van der Waals surface area (Å²) < 4.78 is 13.4. The smallest absolute Gasteiger partial charge is 0.338 e. The van der Waals surface area contributed by atoms with E-state index >= 15 is 0 Å². The van der Waals surface area contributed by atoms with E-state index in [1.165, 1.54) is 46.1 Å². The van der Waals surface area contributed by atoms with Gasteiger partial charge in [0.15, 0.2) is 0 Å². The third-order valence-electron chi connectivity index (χ3n) is 3.39. The van der Waals surface area contributed by atoms with Crippen molar-refractivity contribution < 1.29 is 14.3 Å². The standard InChI is InChI=1S/C17H17FO2S/c1-10-6-11(2)15(12(3)7-10)9-21-13-4-5-16(18)14(8-13)17(19)20/h4-8H,9H2,1-3H3,(H,19,20). The number of thioether (sulfide) groups is 1. The topological polar surface area (TPSA) is 37.3 Å². The molecule has 0 heterocycles. The SMILES string of the molecule is Cc1cc(C)c(CSc2ccc(F)c(C(=O)O)c2)c(C)c1. The minimum atomic E-state index is -1.24. The molecule has 0 bridgehead atoms. The minimum Gasteiger partial charge on any atom is -0.478 e. The van der Waals surface area contributed by atoms with E-state index in [0.717, 1.165) is 10.6 Å². The normalized spacial score (nSPS) is 10.7. The molecule has 21 heavy (non-hydrogen) atoms. The lowest BCUT2D eigenvalue weighted by Gasteiger charge is -2.11. The fraction of sp³-hybridized carbons (Fsp3) is 0.235. The highest BCUT2D eigenvalue weighted by Crippen LogP contribution is 2.28. The number of hydrogen-bond donors (Lipinski definition) is 1. The first-order valence-corrected chi connectivity index (χ1v) is 7.59. The highest BCUT2D eigenvalue weighted by Gasteiger charge is 2.12. The van der Waals surface area contributed by atoms with Gasteiger partial charge in [-0.3, -0.25) is 0 Å². The summed E-state index contributed by atoms with van der Waals surface area (Å²) in [6.07, 6.45) is 0. The van der Waals surface area contributed by atoms with E-state index < -0.39 is 11.8 Å². The number of benzene rings is 2. The number of carboxylic acids is 1. The number of carboxylic acid groups (broad SMARTS) is 1. The second-order valence-corrected chi connectivity index (χ2v) is 6.16. The Bertz CT molecular complexity index is 672. The molecular weight excluding hydrogens is 287 g/mol. The Kier molecular flexibility index (Phi) is 4.68. The van der Waals surface area contributed by atoms with E-state index in [2.05, 4.69) is 32.9 Å². The molecule has 0 radical (unpaired) electrons. The lowest BCUT2D eigenvalue weighted by atomic mass is 10.0. The van der Waals surface area contributed by atoms with Crippen LogP contribution in [0, 0.1) is 26.6 Å². The second kappa shape index (κ2) is 6.31. The van der Waals surface area contributed by atoms with Crippen LogP contribution in [-0.4, -0.2) is 11.1 Å². The Morgan fingerprint density at radius 2 is 1.76 bits per heavy atom. The van der Waals surface area contributed by atoms with Gasteiger partial charge in [0, 0.05) is 10.6 Å². The molecule has 0 unspecified atom stereocenters. The zero-order valence-electron chi connectivity index (χ0n) is 12.2. The largest absolute Gasteiger partial charge is 0.478 e. The molecule has 2 nitrogen and oxygen atoms in total. The summed E-state index contributed by atoms with van der Waals surface area (Å²) in [5, 5.41) is 8.94. The summed E-state index contributed by atoms with van der Waals surface area (Å²) in [6, 6.07) is 8.49. The van der Waals surface area contributed by atoms with Crippen LogP contribution >= 0.6 is 11.8 Å². The van der Waals surface area contributed by atoms with Crippen molar-refractivity contribution >= 4 is 17.7 Å². The highest BCUT2D eigenvalue weighted by molar-refractivity contribution is 7.98. The van der Waals surface area contributed by atoms with Gasteiger partial charge in [-0.2, -0.15) is 0 Å². The number of hydrogen-bond acceptors (Lipinski definition) is 2. The Morgan fingerprint density at radius 1 is 1.14 bits per heavy atom. The van der Waals surface area contributed by atoms with E-state index in [4.69, 9.17) is 5.11 Å². The molecule has 0 fully saturated rings. The molecule has 4 heteroatoms. The molecule has 110 valence electrons. The summed E-state index contributed by atoms with van der Waals surface area (Å²) in [6.45, 7) is 6.21. The van der Waals surface area contributed by atoms with Gasteiger partial charge in [-0.1, -0.05) is 17.7 Å². The first-order chi connectivity index (χ1) is 9.88. The van der Waals surface area contributed by atoms with Crippen LogP contribution in [0.1, 0.15) is 32.6 Å². The molecule has 0 saturated heterocycles. The molecule has 2 aromatic carbocycles. The zero-order valence-corrected chi connectivity index (χ0v) is 13.1. The summed E-state index contributed by atoms with van der Waals surface area (Å²) >= 11 is 1.52. The second-order valence-electron chi connectivity index (χ2n) is 5.11. The predicted octanol–water partition coefficient (Wildman–Crippen LogP) is 4.74. The van der Waals surface area contributed by atoms with E-state index in [9.17, 15) is 9.18 Å².